The van der Waals surface area contributed by atoms with Gasteiger partial charge in [0.25, 0.3) is 11.8 Å². The zero-order valence-corrected chi connectivity index (χ0v) is 20.0. The Morgan fingerprint density at radius 1 is 1.15 bits per heavy atom. The van der Waals surface area contributed by atoms with Gasteiger partial charge in [-0.05, 0) is 61.1 Å². The van der Waals surface area contributed by atoms with Crippen LogP contribution in [0.1, 0.15) is 74.9 Å². The largest absolute Gasteiger partial charge is 0.475 e. The van der Waals surface area contributed by atoms with Crippen molar-refractivity contribution in [2.45, 2.75) is 84.3 Å². The predicted octanol–water partition coefficient (Wildman–Crippen LogP) is 2.01. The van der Waals surface area contributed by atoms with Gasteiger partial charge in [-0.15, -0.1) is 0 Å². The monoisotopic (exact) mass is 457 g/mol. The average molecular weight is 457 g/mol. The van der Waals surface area contributed by atoms with Crippen LogP contribution in [-0.4, -0.2) is 52.8 Å². The standard InChI is InChI=1S/C24H36BN3O5/c1-14(2)12-21(25(31)32)26-24(30)20-13-19(28-33-20)22(15(3)4)27-23(29)18-11-7-9-16-8-5-6-10-17(16)18/h7,9,11,14-15,20-22,31-32H,5-6,8,10,12-13H2,1-4H3,(H,26,30)(H,27,29). The molecular formula is C24H36BN3O5. The van der Waals surface area contributed by atoms with Crippen molar-refractivity contribution < 1.29 is 24.5 Å². The van der Waals surface area contributed by atoms with Gasteiger partial charge in [-0.25, -0.2) is 0 Å². The minimum atomic E-state index is -1.65. The molecule has 180 valence electrons. The highest BCUT2D eigenvalue weighted by atomic mass is 16.6. The first-order valence-corrected chi connectivity index (χ1v) is 12.0. The van der Waals surface area contributed by atoms with E-state index in [1.165, 1.54) is 5.56 Å². The second-order valence-corrected chi connectivity index (χ2v) is 9.88. The number of hydrogen-bond acceptors (Lipinski definition) is 6. The van der Waals surface area contributed by atoms with Crippen LogP contribution in [0.4, 0.5) is 0 Å². The third-order valence-corrected chi connectivity index (χ3v) is 6.35. The molecule has 2 amide bonds. The molecule has 0 fully saturated rings. The Hall–Kier alpha value is -2.39. The van der Waals surface area contributed by atoms with Gasteiger partial charge in [-0.3, -0.25) is 9.59 Å². The highest BCUT2D eigenvalue weighted by Crippen LogP contribution is 2.25. The van der Waals surface area contributed by atoms with Crippen LogP contribution in [0.5, 0.6) is 0 Å². The summed E-state index contributed by atoms with van der Waals surface area (Å²) >= 11 is 0. The molecule has 4 N–H and O–H groups in total. The summed E-state index contributed by atoms with van der Waals surface area (Å²) in [4.78, 5) is 31.2. The minimum absolute atomic E-state index is 0.0469. The van der Waals surface area contributed by atoms with Crippen molar-refractivity contribution in [3.8, 4) is 0 Å². The SMILES string of the molecule is CC(C)CC(NC(=O)C1CC(C(NC(=O)c2cccc3c2CCCC3)C(C)C)=NO1)B(O)O. The lowest BCUT2D eigenvalue weighted by Gasteiger charge is -2.24. The summed E-state index contributed by atoms with van der Waals surface area (Å²) in [5, 5.41) is 29.0. The number of amides is 2. The second-order valence-electron chi connectivity index (χ2n) is 9.88. The summed E-state index contributed by atoms with van der Waals surface area (Å²) in [6.07, 6.45) is 3.94. The van der Waals surface area contributed by atoms with E-state index in [1.807, 2.05) is 39.8 Å². The molecule has 1 aliphatic heterocycles. The number of carbonyl (C=O) groups is 2. The van der Waals surface area contributed by atoms with Crippen LogP contribution in [0, 0.1) is 11.8 Å². The van der Waals surface area contributed by atoms with Gasteiger partial charge in [0.15, 0.2) is 0 Å². The molecule has 0 spiro atoms. The van der Waals surface area contributed by atoms with Gasteiger partial charge in [-0.2, -0.15) is 0 Å². The number of oxime groups is 1. The number of rotatable bonds is 9. The summed E-state index contributed by atoms with van der Waals surface area (Å²) < 4.78 is 0. The van der Waals surface area contributed by atoms with Gasteiger partial charge in [0.2, 0.25) is 6.10 Å². The van der Waals surface area contributed by atoms with E-state index in [0.29, 0.717) is 17.7 Å². The van der Waals surface area contributed by atoms with E-state index in [0.717, 1.165) is 31.2 Å². The maximum atomic E-state index is 13.2. The zero-order chi connectivity index (χ0) is 24.1. The van der Waals surface area contributed by atoms with E-state index < -0.39 is 25.1 Å². The molecule has 2 aliphatic rings. The highest BCUT2D eigenvalue weighted by Gasteiger charge is 2.37. The Morgan fingerprint density at radius 3 is 2.55 bits per heavy atom. The Morgan fingerprint density at radius 2 is 1.88 bits per heavy atom. The zero-order valence-electron chi connectivity index (χ0n) is 20.0. The van der Waals surface area contributed by atoms with Gasteiger partial charge in [0, 0.05) is 12.0 Å². The van der Waals surface area contributed by atoms with E-state index in [9.17, 15) is 19.6 Å². The number of nitrogens with zero attached hydrogens (tertiary/aromatic N) is 1. The fourth-order valence-electron chi connectivity index (χ4n) is 4.61. The number of hydrogen-bond donors (Lipinski definition) is 4. The third-order valence-electron chi connectivity index (χ3n) is 6.35. The first-order chi connectivity index (χ1) is 15.7. The Bertz CT molecular complexity index is 887. The minimum Gasteiger partial charge on any atom is -0.426 e. The van der Waals surface area contributed by atoms with Crippen LogP contribution in [0.15, 0.2) is 23.4 Å². The predicted molar refractivity (Wildman–Crippen MR) is 128 cm³/mol. The molecule has 3 atom stereocenters. The summed E-state index contributed by atoms with van der Waals surface area (Å²) in [7, 11) is -1.65. The van der Waals surface area contributed by atoms with Gasteiger partial charge in [-0.1, -0.05) is 45.0 Å². The lowest BCUT2D eigenvalue weighted by Crippen LogP contribution is -2.51. The lowest BCUT2D eigenvalue weighted by molar-refractivity contribution is -0.131. The molecule has 0 radical (unpaired) electrons. The molecule has 3 rings (SSSR count). The van der Waals surface area contributed by atoms with Crippen molar-refractivity contribution in [3.63, 3.8) is 0 Å². The topological polar surface area (TPSA) is 120 Å². The van der Waals surface area contributed by atoms with Gasteiger partial charge >= 0.3 is 7.12 Å². The van der Waals surface area contributed by atoms with Crippen molar-refractivity contribution in [2.24, 2.45) is 17.0 Å². The number of nitrogens with one attached hydrogen (secondary N) is 2. The molecule has 8 nitrogen and oxygen atoms in total. The Kier molecular flexibility index (Phi) is 8.54. The normalized spacial score (nSPS) is 19.4. The smallest absolute Gasteiger partial charge is 0.426 e. The molecule has 0 saturated carbocycles. The van der Waals surface area contributed by atoms with Crippen LogP contribution in [0.2, 0.25) is 0 Å². The third kappa shape index (κ3) is 6.35. The van der Waals surface area contributed by atoms with E-state index in [-0.39, 0.29) is 30.2 Å². The van der Waals surface area contributed by atoms with Crippen molar-refractivity contribution in [2.75, 3.05) is 0 Å². The molecule has 33 heavy (non-hydrogen) atoms. The first-order valence-electron chi connectivity index (χ1n) is 12.0. The van der Waals surface area contributed by atoms with Gasteiger partial charge in [0.05, 0.1) is 17.7 Å². The van der Waals surface area contributed by atoms with E-state index in [1.54, 1.807) is 0 Å². The molecule has 1 heterocycles. The van der Waals surface area contributed by atoms with Gasteiger partial charge in [0.1, 0.15) is 0 Å². The van der Waals surface area contributed by atoms with Crippen LogP contribution in [0.3, 0.4) is 0 Å². The first kappa shape index (κ1) is 25.2. The maximum Gasteiger partial charge on any atom is 0.475 e. The summed E-state index contributed by atoms with van der Waals surface area (Å²) in [6.45, 7) is 7.85. The second kappa shape index (κ2) is 11.2. The van der Waals surface area contributed by atoms with Crippen LogP contribution >= 0.6 is 0 Å². The van der Waals surface area contributed by atoms with E-state index >= 15 is 0 Å². The van der Waals surface area contributed by atoms with Crippen LogP contribution < -0.4 is 10.6 Å². The molecule has 1 aliphatic carbocycles. The Labute approximate surface area is 196 Å². The molecule has 0 saturated heterocycles. The average Bonchev–Trinajstić information content (AvgIpc) is 3.25. The van der Waals surface area contributed by atoms with Crippen molar-refractivity contribution >= 4 is 24.6 Å². The number of carbonyl (C=O) groups excluding carboxylic acids is 2. The van der Waals surface area contributed by atoms with Crippen LogP contribution in [-0.2, 0) is 22.5 Å². The Balaban J connectivity index is 1.65. The van der Waals surface area contributed by atoms with Crippen molar-refractivity contribution in [1.82, 2.24) is 10.6 Å². The number of fused-ring (bicyclic) bond motifs is 1. The maximum absolute atomic E-state index is 13.2. The summed E-state index contributed by atoms with van der Waals surface area (Å²) in [6, 6.07) is 5.53. The molecular weight excluding hydrogens is 421 g/mol. The van der Waals surface area contributed by atoms with Gasteiger partial charge < -0.3 is 25.5 Å². The number of aryl methyl sites for hydroxylation is 1. The van der Waals surface area contributed by atoms with E-state index in [4.69, 9.17) is 4.84 Å². The quantitative estimate of drug-likeness (QED) is 0.423. The van der Waals surface area contributed by atoms with Crippen molar-refractivity contribution in [1.29, 1.82) is 0 Å². The summed E-state index contributed by atoms with van der Waals surface area (Å²) in [5.41, 5.74) is 3.69. The molecule has 0 bridgehead atoms. The fourth-order valence-corrected chi connectivity index (χ4v) is 4.61. The highest BCUT2D eigenvalue weighted by molar-refractivity contribution is 6.43. The summed E-state index contributed by atoms with van der Waals surface area (Å²) in [5.74, 6) is -1.14. The van der Waals surface area contributed by atoms with Crippen molar-refractivity contribution in [3.05, 3.63) is 34.9 Å². The number of benzene rings is 1. The van der Waals surface area contributed by atoms with Crippen LogP contribution in [0.25, 0.3) is 0 Å². The molecule has 1 aromatic carbocycles. The molecule has 3 unspecified atom stereocenters. The molecule has 1 aromatic rings. The molecule has 9 heteroatoms. The fraction of sp³-hybridized carbons (Fsp3) is 0.625. The van der Waals surface area contributed by atoms with E-state index in [2.05, 4.69) is 21.9 Å². The molecule has 0 aromatic heterocycles. The lowest BCUT2D eigenvalue weighted by atomic mass is 9.75.